The Morgan fingerprint density at radius 3 is 2.73 bits per heavy atom. The lowest BCUT2D eigenvalue weighted by Gasteiger charge is -2.29. The third-order valence-corrected chi connectivity index (χ3v) is 6.96. The number of aromatic carboxylic acids is 1. The molecule has 3 aromatic rings. The highest BCUT2D eigenvalue weighted by Gasteiger charge is 2.34. The van der Waals surface area contributed by atoms with Gasteiger partial charge in [-0.15, -0.1) is 0 Å². The van der Waals surface area contributed by atoms with Gasteiger partial charge in [0.05, 0.1) is 18.4 Å². The quantitative estimate of drug-likeness (QED) is 0.444. The van der Waals surface area contributed by atoms with E-state index in [-0.39, 0.29) is 23.2 Å². The molecule has 0 radical (unpaired) electrons. The molecular formula is C26H32FN7O3. The van der Waals surface area contributed by atoms with E-state index in [1.165, 1.54) is 16.9 Å². The van der Waals surface area contributed by atoms with Gasteiger partial charge in [0.1, 0.15) is 17.2 Å². The summed E-state index contributed by atoms with van der Waals surface area (Å²) in [4.78, 5) is 35.3. The molecule has 37 heavy (non-hydrogen) atoms. The largest absolute Gasteiger partial charge is 0.477 e. The van der Waals surface area contributed by atoms with Crippen LogP contribution < -0.4 is 10.3 Å². The number of rotatable bonds is 8. The first kappa shape index (κ1) is 25.1. The Labute approximate surface area is 214 Å². The molecule has 2 fully saturated rings. The van der Waals surface area contributed by atoms with Crippen LogP contribution in [-0.4, -0.2) is 60.7 Å². The Hall–Kier alpha value is -3.60. The summed E-state index contributed by atoms with van der Waals surface area (Å²) in [5.41, 5.74) is 4.45. The van der Waals surface area contributed by atoms with Crippen molar-refractivity contribution in [2.75, 3.05) is 18.0 Å². The molecule has 1 aliphatic carbocycles. The summed E-state index contributed by atoms with van der Waals surface area (Å²) in [5, 5.41) is 15.5. The van der Waals surface area contributed by atoms with E-state index in [1.54, 1.807) is 18.3 Å². The van der Waals surface area contributed by atoms with Crippen molar-refractivity contribution < 1.29 is 19.1 Å². The Morgan fingerprint density at radius 2 is 2.03 bits per heavy atom. The predicted octanol–water partition coefficient (Wildman–Crippen LogP) is 3.39. The molecule has 1 atom stereocenters. The number of nitrogens with zero attached hydrogens (tertiary/aromatic N) is 6. The van der Waals surface area contributed by atoms with Gasteiger partial charge in [0.15, 0.2) is 5.65 Å². The summed E-state index contributed by atoms with van der Waals surface area (Å²) >= 11 is 0. The van der Waals surface area contributed by atoms with E-state index in [0.717, 1.165) is 36.9 Å². The number of pyridine rings is 1. The Balaban J connectivity index is 1.40. The second kappa shape index (κ2) is 9.70. The van der Waals surface area contributed by atoms with E-state index in [4.69, 9.17) is 0 Å². The molecule has 1 saturated carbocycles. The van der Waals surface area contributed by atoms with E-state index in [1.807, 2.05) is 25.8 Å². The van der Waals surface area contributed by atoms with Crippen molar-refractivity contribution in [2.24, 2.45) is 5.41 Å². The van der Waals surface area contributed by atoms with Crippen molar-refractivity contribution in [3.63, 3.8) is 0 Å². The molecule has 11 heteroatoms. The molecular weight excluding hydrogens is 477 g/mol. The summed E-state index contributed by atoms with van der Waals surface area (Å²) < 4.78 is 15.9. The van der Waals surface area contributed by atoms with Crippen molar-refractivity contribution >= 4 is 23.3 Å². The summed E-state index contributed by atoms with van der Waals surface area (Å²) in [5.74, 6) is -0.910. The van der Waals surface area contributed by atoms with Crippen molar-refractivity contribution in [3.8, 4) is 0 Å². The second-order valence-electron chi connectivity index (χ2n) is 10.8. The lowest BCUT2D eigenvalue weighted by atomic mass is 9.96. The smallest absolute Gasteiger partial charge is 0.341 e. The minimum atomic E-state index is -1.09. The summed E-state index contributed by atoms with van der Waals surface area (Å²) in [6.45, 7) is 6.94. The maximum absolute atomic E-state index is 14.4. The first-order valence-corrected chi connectivity index (χ1v) is 12.7. The fraction of sp³-hybridized carbons (Fsp3) is 0.500. The van der Waals surface area contributed by atoms with Gasteiger partial charge >= 0.3 is 5.97 Å². The highest BCUT2D eigenvalue weighted by atomic mass is 19.1. The highest BCUT2D eigenvalue weighted by Crippen LogP contribution is 2.37. The minimum absolute atomic E-state index is 0.0307. The molecule has 2 aliphatic rings. The number of aromatic nitrogens is 4. The molecule has 0 aromatic carbocycles. The number of fused-ring (bicyclic) bond motifs is 1. The lowest BCUT2D eigenvalue weighted by molar-refractivity contribution is -0.134. The molecule has 1 amide bonds. The Morgan fingerprint density at radius 1 is 1.24 bits per heavy atom. The molecule has 5 rings (SSSR count). The van der Waals surface area contributed by atoms with Gasteiger partial charge in [0.2, 0.25) is 5.91 Å². The molecule has 0 bridgehead atoms. The van der Waals surface area contributed by atoms with Crippen LogP contribution in [0.3, 0.4) is 0 Å². The average molecular weight is 510 g/mol. The number of halogens is 1. The number of hydrogen-bond donors (Lipinski definition) is 2. The van der Waals surface area contributed by atoms with E-state index >= 15 is 0 Å². The molecule has 1 aliphatic heterocycles. The van der Waals surface area contributed by atoms with Gasteiger partial charge in [-0.2, -0.15) is 5.10 Å². The SMILES string of the molecule is CC(C)(C)C(=O)NN(CCc1ncc(F)cc1[C@@H]1CCCN1c1ccn2ncc(C(=O)O)c2n1)C1CC1. The maximum Gasteiger partial charge on any atom is 0.341 e. The first-order valence-electron chi connectivity index (χ1n) is 12.7. The van der Waals surface area contributed by atoms with Crippen molar-refractivity contribution in [1.29, 1.82) is 0 Å². The number of anilines is 1. The molecule has 4 heterocycles. The van der Waals surface area contributed by atoms with Gasteiger partial charge in [-0.25, -0.2) is 23.7 Å². The fourth-order valence-electron chi connectivity index (χ4n) is 4.76. The van der Waals surface area contributed by atoms with Crippen LogP contribution in [-0.2, 0) is 11.2 Å². The van der Waals surface area contributed by atoms with Gasteiger partial charge in [-0.05, 0) is 43.4 Å². The molecule has 0 unspecified atom stereocenters. The summed E-state index contributed by atoms with van der Waals surface area (Å²) in [7, 11) is 0. The molecule has 0 spiro atoms. The molecule has 10 nitrogen and oxygen atoms in total. The van der Waals surface area contributed by atoms with Crippen LogP contribution in [0.5, 0.6) is 0 Å². The number of carboxylic acid groups (broad SMARTS) is 1. The zero-order valence-electron chi connectivity index (χ0n) is 21.3. The first-order chi connectivity index (χ1) is 17.6. The zero-order chi connectivity index (χ0) is 26.3. The fourth-order valence-corrected chi connectivity index (χ4v) is 4.76. The predicted molar refractivity (Wildman–Crippen MR) is 134 cm³/mol. The summed E-state index contributed by atoms with van der Waals surface area (Å²) in [6, 6.07) is 3.50. The second-order valence-corrected chi connectivity index (χ2v) is 10.8. The van der Waals surface area contributed by atoms with Crippen LogP contribution in [0.2, 0.25) is 0 Å². The van der Waals surface area contributed by atoms with Crippen LogP contribution in [0.15, 0.2) is 30.7 Å². The number of nitrogens with one attached hydrogen (secondary N) is 1. The van der Waals surface area contributed by atoms with Gasteiger partial charge in [-0.3, -0.25) is 15.2 Å². The van der Waals surface area contributed by atoms with E-state index in [0.29, 0.717) is 31.4 Å². The van der Waals surface area contributed by atoms with E-state index in [2.05, 4.69) is 25.4 Å². The van der Waals surface area contributed by atoms with Crippen molar-refractivity contribution in [2.45, 2.75) is 65.0 Å². The summed E-state index contributed by atoms with van der Waals surface area (Å²) in [6.07, 6.45) is 8.51. The van der Waals surface area contributed by atoms with Gasteiger partial charge in [0.25, 0.3) is 0 Å². The van der Waals surface area contributed by atoms with Crippen molar-refractivity contribution in [3.05, 3.63) is 53.4 Å². The van der Waals surface area contributed by atoms with Crippen LogP contribution in [0.25, 0.3) is 5.65 Å². The van der Waals surface area contributed by atoms with Crippen LogP contribution in [0.4, 0.5) is 10.2 Å². The standard InChI is InChI=1S/C26H32FN7O3/c1-26(2,3)25(37)31-33(17-6-7-17)11-8-20-18(13-16(27)14-28-20)21-5-4-10-32(21)22-9-12-34-23(30-22)19(15-29-34)24(35)36/h9,12-15,17,21H,4-8,10-11H2,1-3H3,(H,31,37)(H,35,36)/t21-/m0/s1. The van der Waals surface area contributed by atoms with E-state index < -0.39 is 17.2 Å². The zero-order valence-corrected chi connectivity index (χ0v) is 21.3. The van der Waals surface area contributed by atoms with Gasteiger partial charge in [-0.1, -0.05) is 20.8 Å². The third kappa shape index (κ3) is 5.27. The number of carbonyl (C=O) groups is 2. The van der Waals surface area contributed by atoms with E-state index in [9.17, 15) is 19.1 Å². The number of hydrogen-bond acceptors (Lipinski definition) is 7. The number of hydrazine groups is 1. The molecule has 3 aromatic heterocycles. The van der Waals surface area contributed by atoms with Crippen LogP contribution in [0.1, 0.15) is 74.1 Å². The van der Waals surface area contributed by atoms with Gasteiger partial charge < -0.3 is 10.0 Å². The Kier molecular flexibility index (Phi) is 6.57. The molecule has 1 saturated heterocycles. The van der Waals surface area contributed by atoms with Crippen LogP contribution in [0, 0.1) is 11.2 Å². The number of carbonyl (C=O) groups excluding carboxylic acids is 1. The third-order valence-electron chi connectivity index (χ3n) is 6.96. The Bertz CT molecular complexity index is 1330. The maximum atomic E-state index is 14.4. The monoisotopic (exact) mass is 509 g/mol. The average Bonchev–Trinajstić information content (AvgIpc) is 3.41. The highest BCUT2D eigenvalue weighted by molar-refractivity contribution is 5.94. The molecule has 2 N–H and O–H groups in total. The van der Waals surface area contributed by atoms with Crippen LogP contribution >= 0.6 is 0 Å². The van der Waals surface area contributed by atoms with Gasteiger partial charge in [0, 0.05) is 42.9 Å². The molecule has 196 valence electrons. The number of amides is 1. The lowest BCUT2D eigenvalue weighted by Crippen LogP contribution is -2.49. The number of carboxylic acids is 1. The minimum Gasteiger partial charge on any atom is -0.477 e. The topological polar surface area (TPSA) is 116 Å². The van der Waals surface area contributed by atoms with Crippen molar-refractivity contribution in [1.82, 2.24) is 30.0 Å². The normalized spacial score (nSPS) is 18.1.